The molecular weight excluding hydrogens is 398 g/mol. The molecule has 3 aliphatic rings. The van der Waals surface area contributed by atoms with Gasteiger partial charge in [0.1, 0.15) is 5.82 Å². The minimum absolute atomic E-state index is 0.0145. The van der Waals surface area contributed by atoms with Crippen LogP contribution in [0.15, 0.2) is 23.1 Å². The molecule has 1 aromatic rings. The van der Waals surface area contributed by atoms with Gasteiger partial charge in [0.25, 0.3) is 0 Å². The molecule has 0 bridgehead atoms. The Morgan fingerprint density at radius 1 is 1.25 bits per heavy atom. The molecule has 4 rings (SSSR count). The van der Waals surface area contributed by atoms with Crippen LogP contribution in [0.2, 0.25) is 0 Å². The molecule has 1 aromatic carbocycles. The maximum absolute atomic E-state index is 14.1. The summed E-state index contributed by atoms with van der Waals surface area (Å²) < 4.78 is 51.5. The Hall–Kier alpha value is -1.81. The van der Waals surface area contributed by atoms with E-state index in [1.807, 2.05) is 0 Å². The van der Waals surface area contributed by atoms with E-state index in [1.165, 1.54) is 6.07 Å². The zero-order valence-corrected chi connectivity index (χ0v) is 15.6. The number of halogens is 4. The third-order valence-corrected chi connectivity index (χ3v) is 6.10. The second kappa shape index (κ2) is 6.91. The van der Waals surface area contributed by atoms with Crippen LogP contribution in [-0.2, 0) is 15.1 Å². The van der Waals surface area contributed by atoms with Gasteiger partial charge in [0, 0.05) is 0 Å². The van der Waals surface area contributed by atoms with E-state index in [2.05, 4.69) is 16.0 Å². The van der Waals surface area contributed by atoms with Crippen LogP contribution in [0.25, 0.3) is 0 Å². The highest BCUT2D eigenvalue weighted by atomic mass is 32.2. The zero-order chi connectivity index (χ0) is 20.1. The van der Waals surface area contributed by atoms with Gasteiger partial charge in [0.2, 0.25) is 11.8 Å². The lowest BCUT2D eigenvalue weighted by Gasteiger charge is -2.32. The van der Waals surface area contributed by atoms with Crippen LogP contribution in [-0.4, -0.2) is 29.5 Å². The summed E-state index contributed by atoms with van der Waals surface area (Å²) in [4.78, 5) is 24.1. The second-order valence-corrected chi connectivity index (χ2v) is 8.68. The molecule has 2 aliphatic carbocycles. The fourth-order valence-electron chi connectivity index (χ4n) is 3.53. The predicted octanol–water partition coefficient (Wildman–Crippen LogP) is 2.76. The molecule has 2 amide bonds. The molecular formula is C18H19F4N3O2S. The zero-order valence-electron chi connectivity index (χ0n) is 14.7. The van der Waals surface area contributed by atoms with Gasteiger partial charge < -0.3 is 10.6 Å². The first-order chi connectivity index (χ1) is 13.2. The first-order valence-electron chi connectivity index (χ1n) is 9.08. The highest BCUT2D eigenvalue weighted by Gasteiger charge is 2.48. The van der Waals surface area contributed by atoms with Gasteiger partial charge in [0.15, 0.2) is 0 Å². The van der Waals surface area contributed by atoms with Crippen LogP contribution in [0, 0.1) is 11.7 Å². The van der Waals surface area contributed by atoms with E-state index in [0.717, 1.165) is 25.0 Å². The summed E-state index contributed by atoms with van der Waals surface area (Å²) in [7, 11) is 0. The lowest BCUT2D eigenvalue weighted by atomic mass is 10.0. The SMILES string of the molecule is O=C1CC(C(=O)NC2(c3ccc(SC(F)(F)F)c(F)c3)CC2)NC(C2CC2)N1. The highest BCUT2D eigenvalue weighted by molar-refractivity contribution is 8.00. The Labute approximate surface area is 163 Å². The van der Waals surface area contributed by atoms with Crippen molar-refractivity contribution in [1.82, 2.24) is 16.0 Å². The summed E-state index contributed by atoms with van der Waals surface area (Å²) in [6, 6.07) is 2.87. The van der Waals surface area contributed by atoms with E-state index in [1.54, 1.807) is 0 Å². The van der Waals surface area contributed by atoms with E-state index in [4.69, 9.17) is 0 Å². The molecule has 3 N–H and O–H groups in total. The number of alkyl halides is 3. The normalized spacial score (nSPS) is 26.5. The summed E-state index contributed by atoms with van der Waals surface area (Å²) in [5.74, 6) is -1.18. The standard InChI is InChI=1S/C18H19F4N3O2S/c19-11-7-10(3-4-13(11)28-18(20,21)22)17(5-6-17)25-16(27)12-8-14(26)24-15(23-12)9-1-2-9/h3-4,7,9,12,15,23H,1-2,5-6,8H2,(H,24,26)(H,25,27). The minimum atomic E-state index is -4.57. The van der Waals surface area contributed by atoms with Crippen LogP contribution in [0.4, 0.5) is 17.6 Å². The maximum atomic E-state index is 14.1. The number of carbonyl (C=O) groups excluding carboxylic acids is 2. The molecule has 0 aromatic heterocycles. The largest absolute Gasteiger partial charge is 0.446 e. The Morgan fingerprint density at radius 3 is 2.54 bits per heavy atom. The van der Waals surface area contributed by atoms with Crippen LogP contribution in [0.3, 0.4) is 0 Å². The van der Waals surface area contributed by atoms with E-state index in [0.29, 0.717) is 24.3 Å². The third kappa shape index (κ3) is 4.27. The van der Waals surface area contributed by atoms with Crippen molar-refractivity contribution >= 4 is 23.6 Å². The van der Waals surface area contributed by atoms with Crippen molar-refractivity contribution < 1.29 is 27.2 Å². The molecule has 0 spiro atoms. The van der Waals surface area contributed by atoms with Gasteiger partial charge in [-0.2, -0.15) is 13.2 Å². The number of hydrogen-bond donors (Lipinski definition) is 3. The molecule has 2 atom stereocenters. The third-order valence-electron chi connectivity index (χ3n) is 5.32. The van der Waals surface area contributed by atoms with E-state index >= 15 is 0 Å². The van der Waals surface area contributed by atoms with Gasteiger partial charge in [-0.3, -0.25) is 14.9 Å². The fraction of sp³-hybridized carbons (Fsp3) is 0.556. The molecule has 3 fully saturated rings. The van der Waals surface area contributed by atoms with E-state index in [-0.39, 0.29) is 24.4 Å². The van der Waals surface area contributed by atoms with Crippen LogP contribution in [0.5, 0.6) is 0 Å². The molecule has 1 heterocycles. The first-order valence-corrected chi connectivity index (χ1v) is 9.90. The highest BCUT2D eigenvalue weighted by Crippen LogP contribution is 2.47. The summed E-state index contributed by atoms with van der Waals surface area (Å²) in [6.07, 6.45) is 2.92. The number of carbonyl (C=O) groups is 2. The Bertz CT molecular complexity index is 809. The van der Waals surface area contributed by atoms with Crippen LogP contribution < -0.4 is 16.0 Å². The molecule has 0 radical (unpaired) electrons. The number of nitrogens with one attached hydrogen (secondary N) is 3. The number of thioether (sulfide) groups is 1. The van der Waals surface area contributed by atoms with E-state index < -0.39 is 39.6 Å². The lowest BCUT2D eigenvalue weighted by Crippen LogP contribution is -2.62. The van der Waals surface area contributed by atoms with Gasteiger partial charge in [0.05, 0.1) is 29.1 Å². The molecule has 152 valence electrons. The van der Waals surface area contributed by atoms with Crippen molar-refractivity contribution in [2.24, 2.45) is 5.92 Å². The fourth-order valence-corrected chi connectivity index (χ4v) is 4.07. The Balaban J connectivity index is 1.45. The summed E-state index contributed by atoms with van der Waals surface area (Å²) in [6.45, 7) is 0. The number of benzene rings is 1. The molecule has 10 heteroatoms. The van der Waals surface area contributed by atoms with Crippen LogP contribution >= 0.6 is 11.8 Å². The molecule has 2 saturated carbocycles. The Morgan fingerprint density at radius 2 is 1.96 bits per heavy atom. The van der Waals surface area contributed by atoms with Gasteiger partial charge in [-0.05, 0) is 61.1 Å². The molecule has 1 aliphatic heterocycles. The van der Waals surface area contributed by atoms with Crippen molar-refractivity contribution in [1.29, 1.82) is 0 Å². The topological polar surface area (TPSA) is 70.2 Å². The van der Waals surface area contributed by atoms with Crippen molar-refractivity contribution in [2.45, 2.75) is 60.3 Å². The van der Waals surface area contributed by atoms with Crippen molar-refractivity contribution in [2.75, 3.05) is 0 Å². The number of amides is 2. The molecule has 1 saturated heterocycles. The van der Waals surface area contributed by atoms with Crippen molar-refractivity contribution in [3.05, 3.63) is 29.6 Å². The van der Waals surface area contributed by atoms with Crippen molar-refractivity contribution in [3.8, 4) is 0 Å². The van der Waals surface area contributed by atoms with Gasteiger partial charge >= 0.3 is 5.51 Å². The van der Waals surface area contributed by atoms with Crippen LogP contribution in [0.1, 0.15) is 37.7 Å². The average molecular weight is 417 g/mol. The minimum Gasteiger partial charge on any atom is -0.345 e. The van der Waals surface area contributed by atoms with Gasteiger partial charge in [-0.1, -0.05) is 6.07 Å². The Kier molecular flexibility index (Phi) is 4.81. The lowest BCUT2D eigenvalue weighted by molar-refractivity contribution is -0.132. The molecule has 28 heavy (non-hydrogen) atoms. The quantitative estimate of drug-likeness (QED) is 0.509. The average Bonchev–Trinajstić information content (AvgIpc) is 3.49. The van der Waals surface area contributed by atoms with E-state index in [9.17, 15) is 27.2 Å². The first kappa shape index (κ1) is 19.5. The summed E-state index contributed by atoms with van der Waals surface area (Å²) in [5.41, 5.74) is -4.92. The number of rotatable bonds is 5. The monoisotopic (exact) mass is 417 g/mol. The van der Waals surface area contributed by atoms with Gasteiger partial charge in [-0.15, -0.1) is 0 Å². The summed E-state index contributed by atoms with van der Waals surface area (Å²) >= 11 is -0.504. The van der Waals surface area contributed by atoms with Gasteiger partial charge in [-0.25, -0.2) is 4.39 Å². The smallest absolute Gasteiger partial charge is 0.345 e. The predicted molar refractivity (Wildman–Crippen MR) is 93.6 cm³/mol. The maximum Gasteiger partial charge on any atom is 0.446 e. The second-order valence-electron chi connectivity index (χ2n) is 7.57. The summed E-state index contributed by atoms with van der Waals surface area (Å²) in [5, 5.41) is 8.85. The number of hydrogen-bond acceptors (Lipinski definition) is 4. The molecule has 2 unspecified atom stereocenters. The van der Waals surface area contributed by atoms with Crippen molar-refractivity contribution in [3.63, 3.8) is 0 Å². The molecule has 5 nitrogen and oxygen atoms in total.